The largest absolute Gasteiger partial charge is 0.394 e. The summed E-state index contributed by atoms with van der Waals surface area (Å²) >= 11 is 0. The number of aromatic nitrogens is 1. The number of aryl methyl sites for hydroxylation is 1. The van der Waals surface area contributed by atoms with Gasteiger partial charge in [-0.05, 0) is 23.6 Å². The molecule has 160 valence electrons. The minimum absolute atomic E-state index is 0.365. The van der Waals surface area contributed by atoms with E-state index in [9.17, 15) is 24.8 Å². The van der Waals surface area contributed by atoms with Gasteiger partial charge < -0.3 is 29.7 Å². The average Bonchev–Trinajstić information content (AvgIpc) is 3.12. The zero-order valence-corrected chi connectivity index (χ0v) is 16.6. The molecule has 0 bridgehead atoms. The molecular formula is C23H26FNO5. The quantitative estimate of drug-likeness (QED) is 0.511. The van der Waals surface area contributed by atoms with Crippen LogP contribution in [0.15, 0.2) is 48.7 Å². The molecule has 2 aromatic carbocycles. The van der Waals surface area contributed by atoms with E-state index < -0.39 is 42.9 Å². The molecule has 0 amide bonds. The molecule has 30 heavy (non-hydrogen) atoms. The molecule has 0 spiro atoms. The molecule has 4 N–H and O–H groups in total. The first-order valence-corrected chi connectivity index (χ1v) is 10.1. The lowest BCUT2D eigenvalue weighted by Gasteiger charge is -2.40. The maximum Gasteiger partial charge on any atom is 0.147 e. The summed E-state index contributed by atoms with van der Waals surface area (Å²) in [4.78, 5) is 0. The van der Waals surface area contributed by atoms with Crippen LogP contribution in [0.4, 0.5) is 4.39 Å². The van der Waals surface area contributed by atoms with Crippen molar-refractivity contribution in [2.24, 2.45) is 0 Å². The molecule has 1 aliphatic heterocycles. The smallest absolute Gasteiger partial charge is 0.147 e. The Morgan fingerprint density at radius 1 is 0.967 bits per heavy atom. The van der Waals surface area contributed by atoms with Crippen LogP contribution in [0.25, 0.3) is 10.9 Å². The minimum atomic E-state index is -1.49. The fourth-order valence-electron chi connectivity index (χ4n) is 4.13. The Labute approximate surface area is 173 Å². The van der Waals surface area contributed by atoms with Crippen molar-refractivity contribution in [1.82, 2.24) is 4.57 Å². The summed E-state index contributed by atoms with van der Waals surface area (Å²) in [5.74, 6) is -0.409. The molecule has 4 rings (SSSR count). The van der Waals surface area contributed by atoms with Crippen LogP contribution in [-0.4, -0.2) is 56.0 Å². The van der Waals surface area contributed by atoms with Crippen molar-refractivity contribution < 1.29 is 29.6 Å². The van der Waals surface area contributed by atoms with Crippen LogP contribution in [0.2, 0.25) is 0 Å². The van der Waals surface area contributed by atoms with Crippen LogP contribution in [0, 0.1) is 5.82 Å². The van der Waals surface area contributed by atoms with Crippen LogP contribution in [0.3, 0.4) is 0 Å². The van der Waals surface area contributed by atoms with Gasteiger partial charge in [-0.2, -0.15) is 0 Å². The molecule has 1 fully saturated rings. The SMILES string of the molecule is CCc1ccc(Cn2cc([C@@H]3O[C@H](CO)[C@@H](O)[C@H](O)[C@H]3O)c3cccc(F)c32)cc1. The lowest BCUT2D eigenvalue weighted by atomic mass is 9.91. The monoisotopic (exact) mass is 415 g/mol. The maximum atomic E-state index is 14.8. The van der Waals surface area contributed by atoms with Gasteiger partial charge in [-0.25, -0.2) is 4.39 Å². The minimum Gasteiger partial charge on any atom is -0.394 e. The predicted octanol–water partition coefficient (Wildman–Crippen LogP) is 1.91. The summed E-state index contributed by atoms with van der Waals surface area (Å²) < 4.78 is 22.2. The van der Waals surface area contributed by atoms with Crippen LogP contribution in [0.1, 0.15) is 29.7 Å². The van der Waals surface area contributed by atoms with Crippen molar-refractivity contribution in [2.75, 3.05) is 6.61 Å². The molecule has 0 unspecified atom stereocenters. The predicted molar refractivity (Wildman–Crippen MR) is 110 cm³/mol. The maximum absolute atomic E-state index is 14.8. The highest BCUT2D eigenvalue weighted by atomic mass is 19.1. The number of nitrogens with zero attached hydrogens (tertiary/aromatic N) is 1. The Kier molecular flexibility index (Phi) is 5.90. The number of aliphatic hydroxyl groups is 4. The summed E-state index contributed by atoms with van der Waals surface area (Å²) in [5.41, 5.74) is 3.06. The van der Waals surface area contributed by atoms with E-state index in [1.807, 2.05) is 24.3 Å². The van der Waals surface area contributed by atoms with Crippen LogP contribution in [-0.2, 0) is 17.7 Å². The highest BCUT2D eigenvalue weighted by Crippen LogP contribution is 2.37. The molecule has 1 aromatic heterocycles. The van der Waals surface area contributed by atoms with Crippen molar-refractivity contribution in [2.45, 2.75) is 50.4 Å². The van der Waals surface area contributed by atoms with Gasteiger partial charge in [0.2, 0.25) is 0 Å². The number of fused-ring (bicyclic) bond motifs is 1. The van der Waals surface area contributed by atoms with Gasteiger partial charge in [-0.15, -0.1) is 0 Å². The van der Waals surface area contributed by atoms with Gasteiger partial charge in [0.05, 0.1) is 12.1 Å². The zero-order valence-electron chi connectivity index (χ0n) is 16.6. The molecule has 0 saturated carbocycles. The topological polar surface area (TPSA) is 95.1 Å². The Morgan fingerprint density at radius 2 is 1.67 bits per heavy atom. The van der Waals surface area contributed by atoms with E-state index in [-0.39, 0.29) is 0 Å². The van der Waals surface area contributed by atoms with Crippen molar-refractivity contribution in [3.8, 4) is 0 Å². The summed E-state index contributed by atoms with van der Waals surface area (Å²) in [6, 6.07) is 12.7. The van der Waals surface area contributed by atoms with E-state index in [4.69, 9.17) is 4.74 Å². The van der Waals surface area contributed by atoms with Gasteiger partial charge in [0.1, 0.15) is 36.3 Å². The molecule has 0 radical (unpaired) electrons. The Hall–Kier alpha value is -2.29. The van der Waals surface area contributed by atoms with Crippen molar-refractivity contribution in [3.63, 3.8) is 0 Å². The number of aliphatic hydroxyl groups excluding tert-OH is 4. The van der Waals surface area contributed by atoms with Gasteiger partial charge >= 0.3 is 0 Å². The Morgan fingerprint density at radius 3 is 2.33 bits per heavy atom. The highest BCUT2D eigenvalue weighted by molar-refractivity contribution is 5.85. The third-order valence-corrected chi connectivity index (χ3v) is 5.86. The normalized spacial score (nSPS) is 26.9. The first-order chi connectivity index (χ1) is 14.4. The second-order valence-corrected chi connectivity index (χ2v) is 7.77. The third kappa shape index (κ3) is 3.64. The van der Waals surface area contributed by atoms with Crippen molar-refractivity contribution in [3.05, 3.63) is 71.2 Å². The standard InChI is InChI=1S/C23H26FNO5/c1-2-13-6-8-14(9-7-13)10-25-11-16(15-4-3-5-17(24)19(15)25)23-22(29)21(28)20(27)18(12-26)30-23/h3-9,11,18,20-23,26-29H,2,10,12H2,1H3/t18-,20-,21+,22-,23+/m1/s1. The molecule has 2 heterocycles. The summed E-state index contributed by atoms with van der Waals surface area (Å²) in [7, 11) is 0. The van der Waals surface area contributed by atoms with E-state index in [0.717, 1.165) is 12.0 Å². The fraction of sp³-hybridized carbons (Fsp3) is 0.391. The summed E-state index contributed by atoms with van der Waals surface area (Å²) in [6.07, 6.45) is -3.76. The van der Waals surface area contributed by atoms with E-state index in [1.165, 1.54) is 11.6 Å². The summed E-state index contributed by atoms with van der Waals surface area (Å²) in [6.45, 7) is 1.98. The Bertz CT molecular complexity index is 1020. The Balaban J connectivity index is 1.76. The lowest BCUT2D eigenvalue weighted by Crippen LogP contribution is -2.55. The molecular weight excluding hydrogens is 389 g/mol. The molecule has 3 aromatic rings. The van der Waals surface area contributed by atoms with Gasteiger partial charge in [0, 0.05) is 23.7 Å². The molecule has 7 heteroatoms. The van der Waals surface area contributed by atoms with Gasteiger partial charge in [-0.3, -0.25) is 0 Å². The number of ether oxygens (including phenoxy) is 1. The second kappa shape index (κ2) is 8.45. The molecule has 5 atom stereocenters. The molecule has 1 saturated heterocycles. The number of para-hydroxylation sites is 1. The van der Waals surface area contributed by atoms with E-state index >= 15 is 0 Å². The number of halogens is 1. The summed E-state index contributed by atoms with van der Waals surface area (Å²) in [5, 5.41) is 40.8. The van der Waals surface area contributed by atoms with Gasteiger partial charge in [-0.1, -0.05) is 43.3 Å². The zero-order chi connectivity index (χ0) is 21.4. The van der Waals surface area contributed by atoms with Crippen molar-refractivity contribution in [1.29, 1.82) is 0 Å². The third-order valence-electron chi connectivity index (χ3n) is 5.86. The first-order valence-electron chi connectivity index (χ1n) is 10.1. The second-order valence-electron chi connectivity index (χ2n) is 7.77. The van der Waals surface area contributed by atoms with Crippen LogP contribution >= 0.6 is 0 Å². The van der Waals surface area contributed by atoms with Gasteiger partial charge in [0.15, 0.2) is 0 Å². The van der Waals surface area contributed by atoms with E-state index in [1.54, 1.807) is 22.9 Å². The average molecular weight is 415 g/mol. The number of hydrogen-bond donors (Lipinski definition) is 4. The molecule has 6 nitrogen and oxygen atoms in total. The number of benzene rings is 2. The highest BCUT2D eigenvalue weighted by Gasteiger charge is 2.44. The lowest BCUT2D eigenvalue weighted by molar-refractivity contribution is -0.231. The van der Waals surface area contributed by atoms with Crippen molar-refractivity contribution >= 4 is 10.9 Å². The van der Waals surface area contributed by atoms with Crippen LogP contribution in [0.5, 0.6) is 0 Å². The fourth-order valence-corrected chi connectivity index (χ4v) is 4.13. The molecule has 0 aliphatic carbocycles. The first kappa shape index (κ1) is 21.0. The van der Waals surface area contributed by atoms with E-state index in [0.29, 0.717) is 23.0 Å². The van der Waals surface area contributed by atoms with E-state index in [2.05, 4.69) is 6.92 Å². The number of rotatable bonds is 5. The van der Waals surface area contributed by atoms with Crippen LogP contribution < -0.4 is 0 Å². The molecule has 1 aliphatic rings. The van der Waals surface area contributed by atoms with Gasteiger partial charge in [0.25, 0.3) is 0 Å². The number of hydrogen-bond acceptors (Lipinski definition) is 5.